The highest BCUT2D eigenvalue weighted by molar-refractivity contribution is 7.92. The van der Waals surface area contributed by atoms with Gasteiger partial charge in [-0.3, -0.25) is 13.9 Å². The minimum Gasteiger partial charge on any atom is -0.494 e. The molecule has 1 atom stereocenters. The molecule has 4 aromatic carbocycles. The van der Waals surface area contributed by atoms with E-state index in [1.54, 1.807) is 48.5 Å². The average molecular weight is 683 g/mol. The molecule has 242 valence electrons. The Labute approximate surface area is 280 Å². The number of carbonyl (C=O) groups excluding carboxylic acids is 2. The molecule has 4 aromatic rings. The lowest BCUT2D eigenvalue weighted by atomic mass is 10.0. The van der Waals surface area contributed by atoms with Crippen molar-refractivity contribution in [3.05, 3.63) is 124 Å². The number of benzene rings is 4. The standard InChI is InChI=1S/C35H37Cl2N3O5S/c1-4-45-31-18-16-30(17-19-31)40(46(43,44)32-20-14-29(37)15-21-32)24-34(41)39(23-27-10-12-28(36)13-11-27)33(35(42)38-25(2)3)22-26-8-6-5-7-9-26/h5-21,25,33H,4,22-24H2,1-3H3,(H,38,42). The van der Waals surface area contributed by atoms with Crippen LogP contribution in [0, 0.1) is 0 Å². The monoisotopic (exact) mass is 681 g/mol. The fourth-order valence-electron chi connectivity index (χ4n) is 4.86. The van der Waals surface area contributed by atoms with E-state index in [-0.39, 0.29) is 35.5 Å². The number of hydrogen-bond donors (Lipinski definition) is 1. The number of nitrogens with zero attached hydrogens (tertiary/aromatic N) is 2. The highest BCUT2D eigenvalue weighted by Gasteiger charge is 2.35. The van der Waals surface area contributed by atoms with E-state index in [0.717, 1.165) is 15.4 Å². The molecule has 11 heteroatoms. The van der Waals surface area contributed by atoms with Crippen molar-refractivity contribution in [3.8, 4) is 5.75 Å². The number of ether oxygens (including phenoxy) is 1. The van der Waals surface area contributed by atoms with E-state index in [1.807, 2.05) is 51.1 Å². The minimum absolute atomic E-state index is 0.0388. The molecular formula is C35H37Cl2N3O5S. The van der Waals surface area contributed by atoms with Gasteiger partial charge in [0.15, 0.2) is 0 Å². The molecule has 0 spiro atoms. The average Bonchev–Trinajstić information content (AvgIpc) is 3.03. The molecular weight excluding hydrogens is 645 g/mol. The molecule has 0 bridgehead atoms. The number of anilines is 1. The molecule has 8 nitrogen and oxygen atoms in total. The first-order chi connectivity index (χ1) is 22.0. The van der Waals surface area contributed by atoms with Crippen LogP contribution in [0.2, 0.25) is 10.0 Å². The normalized spacial score (nSPS) is 12.0. The largest absolute Gasteiger partial charge is 0.494 e. The van der Waals surface area contributed by atoms with Crippen LogP contribution in [-0.2, 0) is 32.6 Å². The maximum absolute atomic E-state index is 14.5. The third-order valence-electron chi connectivity index (χ3n) is 7.08. The Hall–Kier alpha value is -4.05. The number of halogens is 2. The Bertz CT molecular complexity index is 1700. The van der Waals surface area contributed by atoms with Crippen molar-refractivity contribution in [3.63, 3.8) is 0 Å². The lowest BCUT2D eigenvalue weighted by Gasteiger charge is -2.34. The van der Waals surface area contributed by atoms with Gasteiger partial charge in [-0.15, -0.1) is 0 Å². The SMILES string of the molecule is CCOc1ccc(N(CC(=O)N(Cc2ccc(Cl)cc2)C(Cc2ccccc2)C(=O)NC(C)C)S(=O)(=O)c2ccc(Cl)cc2)cc1. The number of sulfonamides is 1. The zero-order chi connectivity index (χ0) is 33.3. The minimum atomic E-state index is -4.26. The topological polar surface area (TPSA) is 96.0 Å². The van der Waals surface area contributed by atoms with Crippen LogP contribution in [0.15, 0.2) is 108 Å². The molecule has 0 aliphatic heterocycles. The Morgan fingerprint density at radius 3 is 1.96 bits per heavy atom. The lowest BCUT2D eigenvalue weighted by Crippen LogP contribution is -2.54. The van der Waals surface area contributed by atoms with Crippen molar-refractivity contribution < 1.29 is 22.7 Å². The molecule has 0 saturated heterocycles. The fraction of sp³-hybridized carbons (Fsp3) is 0.257. The van der Waals surface area contributed by atoms with E-state index in [9.17, 15) is 18.0 Å². The van der Waals surface area contributed by atoms with E-state index in [1.165, 1.54) is 29.2 Å². The van der Waals surface area contributed by atoms with Crippen LogP contribution in [0.4, 0.5) is 5.69 Å². The van der Waals surface area contributed by atoms with E-state index in [2.05, 4.69) is 5.32 Å². The van der Waals surface area contributed by atoms with Crippen molar-refractivity contribution in [2.24, 2.45) is 0 Å². The van der Waals surface area contributed by atoms with Gasteiger partial charge in [0.25, 0.3) is 10.0 Å². The highest BCUT2D eigenvalue weighted by atomic mass is 35.5. The van der Waals surface area contributed by atoms with Gasteiger partial charge in [0, 0.05) is 29.1 Å². The van der Waals surface area contributed by atoms with Crippen LogP contribution in [0.3, 0.4) is 0 Å². The number of amides is 2. The van der Waals surface area contributed by atoms with Gasteiger partial charge in [-0.2, -0.15) is 0 Å². The van der Waals surface area contributed by atoms with Gasteiger partial charge in [0.05, 0.1) is 17.2 Å². The maximum Gasteiger partial charge on any atom is 0.264 e. The maximum atomic E-state index is 14.5. The first-order valence-electron chi connectivity index (χ1n) is 14.9. The van der Waals surface area contributed by atoms with Crippen molar-refractivity contribution in [2.75, 3.05) is 17.5 Å². The van der Waals surface area contributed by atoms with Gasteiger partial charge in [-0.25, -0.2) is 8.42 Å². The Morgan fingerprint density at radius 1 is 0.804 bits per heavy atom. The van der Waals surface area contributed by atoms with Crippen molar-refractivity contribution in [2.45, 2.75) is 50.7 Å². The summed E-state index contributed by atoms with van der Waals surface area (Å²) in [5.41, 5.74) is 1.82. The number of rotatable bonds is 14. The zero-order valence-corrected chi connectivity index (χ0v) is 28.2. The second kappa shape index (κ2) is 16.0. The molecule has 0 fully saturated rings. The third-order valence-corrected chi connectivity index (χ3v) is 9.38. The molecule has 2 amide bonds. The molecule has 1 N–H and O–H groups in total. The quantitative estimate of drug-likeness (QED) is 0.159. The van der Waals surface area contributed by atoms with E-state index >= 15 is 0 Å². The molecule has 0 radical (unpaired) electrons. The van der Waals surface area contributed by atoms with E-state index in [4.69, 9.17) is 27.9 Å². The molecule has 0 saturated carbocycles. The van der Waals surface area contributed by atoms with E-state index in [0.29, 0.717) is 22.4 Å². The summed E-state index contributed by atoms with van der Waals surface area (Å²) in [5.74, 6) is -0.366. The number of hydrogen-bond acceptors (Lipinski definition) is 5. The highest BCUT2D eigenvalue weighted by Crippen LogP contribution is 2.28. The van der Waals surface area contributed by atoms with Gasteiger partial charge >= 0.3 is 0 Å². The van der Waals surface area contributed by atoms with Crippen LogP contribution < -0.4 is 14.4 Å². The second-order valence-electron chi connectivity index (χ2n) is 10.9. The van der Waals surface area contributed by atoms with Crippen LogP contribution in [-0.4, -0.2) is 50.4 Å². The smallest absolute Gasteiger partial charge is 0.264 e. The molecule has 0 aliphatic rings. The summed E-state index contributed by atoms with van der Waals surface area (Å²) in [6.45, 7) is 5.43. The predicted molar refractivity (Wildman–Crippen MR) is 183 cm³/mol. The van der Waals surface area contributed by atoms with Crippen LogP contribution in [0.5, 0.6) is 5.75 Å². The summed E-state index contributed by atoms with van der Waals surface area (Å²) in [5, 5.41) is 3.84. The summed E-state index contributed by atoms with van der Waals surface area (Å²) in [6, 6.07) is 27.4. The molecule has 46 heavy (non-hydrogen) atoms. The van der Waals surface area contributed by atoms with Crippen molar-refractivity contribution >= 4 is 50.7 Å². The Morgan fingerprint density at radius 2 is 1.39 bits per heavy atom. The summed E-state index contributed by atoms with van der Waals surface area (Å²) < 4.78 is 34.9. The molecule has 0 aliphatic carbocycles. The Balaban J connectivity index is 1.80. The predicted octanol–water partition coefficient (Wildman–Crippen LogP) is 6.75. The van der Waals surface area contributed by atoms with Gasteiger partial charge < -0.3 is 15.0 Å². The molecule has 0 aromatic heterocycles. The zero-order valence-electron chi connectivity index (χ0n) is 25.9. The first kappa shape index (κ1) is 34.8. The van der Waals surface area contributed by atoms with Gasteiger partial charge in [-0.05, 0) is 92.6 Å². The van der Waals surface area contributed by atoms with Gasteiger partial charge in [-0.1, -0.05) is 65.7 Å². The molecule has 1 unspecified atom stereocenters. The third kappa shape index (κ3) is 9.25. The van der Waals surface area contributed by atoms with Gasteiger partial charge in [0.1, 0.15) is 18.3 Å². The Kier molecular flexibility index (Phi) is 12.1. The second-order valence-corrected chi connectivity index (χ2v) is 13.6. The summed E-state index contributed by atoms with van der Waals surface area (Å²) in [4.78, 5) is 29.7. The lowest BCUT2D eigenvalue weighted by molar-refractivity contribution is -0.140. The van der Waals surface area contributed by atoms with Gasteiger partial charge in [0.2, 0.25) is 11.8 Å². The summed E-state index contributed by atoms with van der Waals surface area (Å²) in [6.07, 6.45) is 0.214. The van der Waals surface area contributed by atoms with Crippen LogP contribution >= 0.6 is 23.2 Å². The van der Waals surface area contributed by atoms with Crippen LogP contribution in [0.1, 0.15) is 31.9 Å². The number of nitrogens with one attached hydrogen (secondary N) is 1. The van der Waals surface area contributed by atoms with Crippen LogP contribution in [0.25, 0.3) is 0 Å². The molecule has 0 heterocycles. The van der Waals surface area contributed by atoms with E-state index < -0.39 is 28.5 Å². The van der Waals surface area contributed by atoms with Crippen molar-refractivity contribution in [1.29, 1.82) is 0 Å². The summed E-state index contributed by atoms with van der Waals surface area (Å²) in [7, 11) is -4.26. The summed E-state index contributed by atoms with van der Waals surface area (Å²) >= 11 is 12.2. The van der Waals surface area contributed by atoms with Crippen molar-refractivity contribution in [1.82, 2.24) is 10.2 Å². The first-order valence-corrected chi connectivity index (χ1v) is 17.1. The fourth-order valence-corrected chi connectivity index (χ4v) is 6.53. The molecule has 4 rings (SSSR count). The number of carbonyl (C=O) groups is 2.